The van der Waals surface area contributed by atoms with Gasteiger partial charge in [0.1, 0.15) is 5.75 Å². The van der Waals surface area contributed by atoms with Gasteiger partial charge in [-0.1, -0.05) is 106 Å². The van der Waals surface area contributed by atoms with Gasteiger partial charge in [-0.05, 0) is 91.2 Å². The zero-order valence-corrected chi connectivity index (χ0v) is 22.8. The Kier molecular flexibility index (Phi) is 10.4. The summed E-state index contributed by atoms with van der Waals surface area (Å²) >= 11 is 0. The Bertz CT molecular complexity index is 1060. The van der Waals surface area contributed by atoms with Crippen molar-refractivity contribution < 1.29 is 9.53 Å². The van der Waals surface area contributed by atoms with Crippen molar-refractivity contribution in [3.8, 4) is 16.9 Å². The fourth-order valence-corrected chi connectivity index (χ4v) is 5.72. The molecule has 4 rings (SSSR count). The van der Waals surface area contributed by atoms with Crippen LogP contribution >= 0.6 is 0 Å². The summed E-state index contributed by atoms with van der Waals surface area (Å²) in [6, 6.07) is 27.5. The maximum atomic E-state index is 12.7. The topological polar surface area (TPSA) is 26.3 Å². The SMILES string of the molecule is CCCCC[C@H]1CC[C@H](c2ccc(OC(=O)C(C)CCCc3ccc(-c4ccccc4)cc3)cc2)CC1. The van der Waals surface area contributed by atoms with Crippen molar-refractivity contribution in [3.05, 3.63) is 90.0 Å². The maximum Gasteiger partial charge on any atom is 0.314 e. The number of ether oxygens (including phenoxy) is 1. The van der Waals surface area contributed by atoms with E-state index in [1.165, 1.54) is 73.6 Å². The summed E-state index contributed by atoms with van der Waals surface area (Å²) in [4.78, 5) is 12.7. The first-order chi connectivity index (χ1) is 18.1. The quantitative estimate of drug-likeness (QED) is 0.142. The number of benzene rings is 3. The van der Waals surface area contributed by atoms with Crippen LogP contribution in [0.25, 0.3) is 11.1 Å². The zero-order valence-electron chi connectivity index (χ0n) is 22.8. The molecule has 3 aromatic carbocycles. The number of esters is 1. The van der Waals surface area contributed by atoms with Gasteiger partial charge in [-0.25, -0.2) is 0 Å². The molecule has 0 N–H and O–H groups in total. The van der Waals surface area contributed by atoms with E-state index in [1.807, 2.05) is 25.1 Å². The fraction of sp³-hybridized carbons (Fsp3) is 0.457. The third-order valence-electron chi connectivity index (χ3n) is 8.20. The van der Waals surface area contributed by atoms with Crippen LogP contribution in [-0.2, 0) is 11.2 Å². The lowest BCUT2D eigenvalue weighted by molar-refractivity contribution is -0.138. The molecule has 0 bridgehead atoms. The molecular formula is C35H44O2. The minimum Gasteiger partial charge on any atom is -0.426 e. The Morgan fingerprint density at radius 1 is 0.811 bits per heavy atom. The molecule has 0 saturated heterocycles. The molecule has 3 aromatic rings. The van der Waals surface area contributed by atoms with Crippen LogP contribution < -0.4 is 4.74 Å². The van der Waals surface area contributed by atoms with Crippen molar-refractivity contribution in [1.29, 1.82) is 0 Å². The van der Waals surface area contributed by atoms with Crippen LogP contribution in [0.5, 0.6) is 5.75 Å². The largest absolute Gasteiger partial charge is 0.426 e. The molecule has 1 aliphatic rings. The average molecular weight is 497 g/mol. The van der Waals surface area contributed by atoms with Crippen LogP contribution in [0.3, 0.4) is 0 Å². The van der Waals surface area contributed by atoms with Crippen LogP contribution in [-0.4, -0.2) is 5.97 Å². The molecule has 0 amide bonds. The van der Waals surface area contributed by atoms with Gasteiger partial charge in [-0.2, -0.15) is 0 Å². The molecule has 0 spiro atoms. The molecule has 196 valence electrons. The Morgan fingerprint density at radius 2 is 1.49 bits per heavy atom. The van der Waals surface area contributed by atoms with Crippen molar-refractivity contribution in [2.75, 3.05) is 0 Å². The summed E-state index contributed by atoms with van der Waals surface area (Å²) in [5.41, 5.74) is 5.19. The van der Waals surface area contributed by atoms with Gasteiger partial charge in [0.05, 0.1) is 5.92 Å². The van der Waals surface area contributed by atoms with Crippen LogP contribution in [0, 0.1) is 11.8 Å². The first-order valence-electron chi connectivity index (χ1n) is 14.6. The van der Waals surface area contributed by atoms with E-state index < -0.39 is 0 Å². The number of unbranched alkanes of at least 4 members (excludes halogenated alkanes) is 2. The Hall–Kier alpha value is -2.87. The van der Waals surface area contributed by atoms with Crippen LogP contribution in [0.4, 0.5) is 0 Å². The Morgan fingerprint density at radius 3 is 2.16 bits per heavy atom. The van der Waals surface area contributed by atoms with Crippen molar-refractivity contribution >= 4 is 5.97 Å². The second kappa shape index (κ2) is 14.2. The number of carbonyl (C=O) groups is 1. The van der Waals surface area contributed by atoms with Gasteiger partial charge in [0, 0.05) is 0 Å². The highest BCUT2D eigenvalue weighted by Crippen LogP contribution is 2.38. The second-order valence-corrected chi connectivity index (χ2v) is 11.1. The van der Waals surface area contributed by atoms with Gasteiger partial charge in [-0.15, -0.1) is 0 Å². The van der Waals surface area contributed by atoms with E-state index in [0.29, 0.717) is 11.7 Å². The van der Waals surface area contributed by atoms with E-state index in [0.717, 1.165) is 25.2 Å². The first kappa shape index (κ1) is 27.2. The molecule has 1 aliphatic carbocycles. The van der Waals surface area contributed by atoms with E-state index in [1.54, 1.807) is 0 Å². The third kappa shape index (κ3) is 8.32. The molecule has 0 heterocycles. The molecule has 37 heavy (non-hydrogen) atoms. The van der Waals surface area contributed by atoms with E-state index in [4.69, 9.17) is 4.74 Å². The van der Waals surface area contributed by atoms with Crippen molar-refractivity contribution in [1.82, 2.24) is 0 Å². The summed E-state index contributed by atoms with van der Waals surface area (Å²) in [6.45, 7) is 4.26. The van der Waals surface area contributed by atoms with Gasteiger partial charge in [0.15, 0.2) is 0 Å². The highest BCUT2D eigenvalue weighted by Gasteiger charge is 2.22. The second-order valence-electron chi connectivity index (χ2n) is 11.1. The van der Waals surface area contributed by atoms with Gasteiger partial charge in [-0.3, -0.25) is 4.79 Å². The molecule has 1 atom stereocenters. The summed E-state index contributed by atoms with van der Waals surface area (Å²) < 4.78 is 5.72. The number of hydrogen-bond acceptors (Lipinski definition) is 2. The Balaban J connectivity index is 1.17. The molecule has 0 aliphatic heterocycles. The van der Waals surface area contributed by atoms with Gasteiger partial charge >= 0.3 is 5.97 Å². The summed E-state index contributed by atoms with van der Waals surface area (Å²) in [5, 5.41) is 0. The molecule has 1 fully saturated rings. The maximum absolute atomic E-state index is 12.7. The minimum atomic E-state index is -0.125. The van der Waals surface area contributed by atoms with Gasteiger partial charge in [0.2, 0.25) is 0 Å². The predicted octanol–water partition coefficient (Wildman–Crippen LogP) is 9.77. The normalized spacial score (nSPS) is 18.3. The molecule has 1 saturated carbocycles. The highest BCUT2D eigenvalue weighted by molar-refractivity contribution is 5.74. The zero-order chi connectivity index (χ0) is 25.9. The lowest BCUT2D eigenvalue weighted by atomic mass is 9.77. The number of aryl methyl sites for hydroxylation is 1. The Labute approximate surface area is 224 Å². The standard InChI is InChI=1S/C35H44O2/c1-3-4-6-11-28-15-21-32(22-16-28)33-23-25-34(26-24-33)37-35(36)27(2)10-9-12-29-17-19-31(20-18-29)30-13-7-5-8-14-30/h5,7-8,13-14,17-20,23-28,32H,3-4,6,9-12,15-16,21-22H2,1-2H3/t27?,28-,32-. The van der Waals surface area contributed by atoms with Crippen LogP contribution in [0.2, 0.25) is 0 Å². The van der Waals surface area contributed by atoms with E-state index in [-0.39, 0.29) is 11.9 Å². The lowest BCUT2D eigenvalue weighted by Gasteiger charge is -2.29. The van der Waals surface area contributed by atoms with Crippen molar-refractivity contribution in [3.63, 3.8) is 0 Å². The highest BCUT2D eigenvalue weighted by atomic mass is 16.5. The van der Waals surface area contributed by atoms with E-state index in [2.05, 4.69) is 67.6 Å². The molecule has 2 heteroatoms. The molecule has 0 radical (unpaired) electrons. The minimum absolute atomic E-state index is 0.105. The summed E-state index contributed by atoms with van der Waals surface area (Å²) in [6.07, 6.45) is 13.6. The van der Waals surface area contributed by atoms with E-state index in [9.17, 15) is 4.79 Å². The monoisotopic (exact) mass is 496 g/mol. The lowest BCUT2D eigenvalue weighted by Crippen LogP contribution is -2.18. The molecule has 2 nitrogen and oxygen atoms in total. The molecule has 0 aromatic heterocycles. The predicted molar refractivity (Wildman–Crippen MR) is 155 cm³/mol. The van der Waals surface area contributed by atoms with Crippen molar-refractivity contribution in [2.24, 2.45) is 11.8 Å². The first-order valence-corrected chi connectivity index (χ1v) is 14.6. The number of rotatable bonds is 12. The average Bonchev–Trinajstić information content (AvgIpc) is 2.95. The van der Waals surface area contributed by atoms with Crippen LogP contribution in [0.1, 0.15) is 95.1 Å². The fourth-order valence-electron chi connectivity index (χ4n) is 5.72. The molecular weight excluding hydrogens is 452 g/mol. The van der Waals surface area contributed by atoms with E-state index >= 15 is 0 Å². The van der Waals surface area contributed by atoms with Crippen molar-refractivity contribution in [2.45, 2.75) is 90.4 Å². The van der Waals surface area contributed by atoms with Crippen LogP contribution in [0.15, 0.2) is 78.9 Å². The number of hydrogen-bond donors (Lipinski definition) is 0. The molecule has 1 unspecified atom stereocenters. The van der Waals surface area contributed by atoms with Gasteiger partial charge < -0.3 is 4.74 Å². The third-order valence-corrected chi connectivity index (χ3v) is 8.20. The summed E-state index contributed by atoms with van der Waals surface area (Å²) in [5.74, 6) is 2.03. The van der Waals surface area contributed by atoms with Gasteiger partial charge in [0.25, 0.3) is 0 Å². The smallest absolute Gasteiger partial charge is 0.314 e. The number of carbonyl (C=O) groups excluding carboxylic acids is 1. The summed E-state index contributed by atoms with van der Waals surface area (Å²) in [7, 11) is 0.